The predicted molar refractivity (Wildman–Crippen MR) is 50.7 cm³/mol. The summed E-state index contributed by atoms with van der Waals surface area (Å²) < 4.78 is 0. The zero-order valence-electron chi connectivity index (χ0n) is 7.29. The van der Waals surface area contributed by atoms with E-state index in [2.05, 4.69) is 0 Å². The minimum atomic E-state index is -0.499. The molecular formula is C9H11N3O. The number of hydrogen-bond acceptors (Lipinski definition) is 2. The summed E-state index contributed by atoms with van der Waals surface area (Å²) in [5.41, 5.74) is 12.1. The normalized spacial score (nSPS) is 9.62. The fourth-order valence-corrected chi connectivity index (χ4v) is 1.05. The van der Waals surface area contributed by atoms with Crippen molar-refractivity contribution < 1.29 is 4.79 Å². The second-order valence-corrected chi connectivity index (χ2v) is 2.81. The van der Waals surface area contributed by atoms with Gasteiger partial charge in [0.2, 0.25) is 5.91 Å². The molecule has 0 saturated heterocycles. The number of amidine groups is 1. The third kappa shape index (κ3) is 1.84. The Bertz CT molecular complexity index is 371. The summed E-state index contributed by atoms with van der Waals surface area (Å²) in [5.74, 6) is -0.567. The summed E-state index contributed by atoms with van der Waals surface area (Å²) in [5, 5.41) is 7.17. The first kappa shape index (κ1) is 9.25. The molecule has 68 valence electrons. The van der Waals surface area contributed by atoms with Crippen LogP contribution in [0.5, 0.6) is 0 Å². The van der Waals surface area contributed by atoms with Crippen molar-refractivity contribution >= 4 is 11.7 Å². The van der Waals surface area contributed by atoms with Gasteiger partial charge in [-0.2, -0.15) is 0 Å². The summed E-state index contributed by atoms with van der Waals surface area (Å²) in [6.07, 6.45) is 0. The van der Waals surface area contributed by atoms with E-state index in [4.69, 9.17) is 16.9 Å². The molecule has 1 amide bonds. The van der Waals surface area contributed by atoms with E-state index < -0.39 is 5.91 Å². The lowest BCUT2D eigenvalue weighted by atomic mass is 10.0. The van der Waals surface area contributed by atoms with Crippen LogP contribution >= 0.6 is 0 Å². The summed E-state index contributed by atoms with van der Waals surface area (Å²) >= 11 is 0. The lowest BCUT2D eigenvalue weighted by Gasteiger charge is -2.03. The minimum absolute atomic E-state index is 0.0671. The maximum absolute atomic E-state index is 10.9. The van der Waals surface area contributed by atoms with Crippen LogP contribution in [-0.4, -0.2) is 11.7 Å². The number of carbonyl (C=O) groups excluding carboxylic acids is 1. The van der Waals surface area contributed by atoms with Gasteiger partial charge < -0.3 is 11.5 Å². The van der Waals surface area contributed by atoms with Crippen LogP contribution in [0.25, 0.3) is 0 Å². The zero-order chi connectivity index (χ0) is 10.0. The quantitative estimate of drug-likeness (QED) is 0.450. The molecule has 0 unspecified atom stereocenters. The van der Waals surface area contributed by atoms with E-state index in [0.29, 0.717) is 11.1 Å². The van der Waals surface area contributed by atoms with Crippen molar-refractivity contribution in [1.82, 2.24) is 0 Å². The third-order valence-electron chi connectivity index (χ3n) is 1.81. The van der Waals surface area contributed by atoms with Gasteiger partial charge in [-0.1, -0.05) is 12.1 Å². The molecule has 0 spiro atoms. The Morgan fingerprint density at radius 1 is 1.38 bits per heavy atom. The van der Waals surface area contributed by atoms with Crippen LogP contribution in [-0.2, 0) is 0 Å². The predicted octanol–water partition coefficient (Wildman–Crippen LogP) is 0.378. The van der Waals surface area contributed by atoms with Gasteiger partial charge >= 0.3 is 0 Å². The molecular weight excluding hydrogens is 166 g/mol. The van der Waals surface area contributed by atoms with Crippen molar-refractivity contribution in [2.24, 2.45) is 11.5 Å². The van der Waals surface area contributed by atoms with Crippen LogP contribution in [0.15, 0.2) is 18.2 Å². The molecule has 0 aliphatic carbocycles. The Kier molecular flexibility index (Phi) is 2.32. The molecule has 0 atom stereocenters. The third-order valence-corrected chi connectivity index (χ3v) is 1.81. The number of nitrogen functional groups attached to an aromatic ring is 1. The number of rotatable bonds is 2. The van der Waals surface area contributed by atoms with Gasteiger partial charge in [0, 0.05) is 11.1 Å². The summed E-state index contributed by atoms with van der Waals surface area (Å²) in [4.78, 5) is 10.9. The fourth-order valence-electron chi connectivity index (χ4n) is 1.05. The van der Waals surface area contributed by atoms with E-state index >= 15 is 0 Å². The van der Waals surface area contributed by atoms with E-state index in [1.807, 2.05) is 0 Å². The molecule has 0 aliphatic rings. The lowest BCUT2D eigenvalue weighted by Crippen LogP contribution is -2.16. The van der Waals surface area contributed by atoms with Gasteiger partial charge in [-0.05, 0) is 18.6 Å². The lowest BCUT2D eigenvalue weighted by molar-refractivity contribution is 0.0999. The summed E-state index contributed by atoms with van der Waals surface area (Å²) in [6, 6.07) is 4.93. The van der Waals surface area contributed by atoms with Crippen molar-refractivity contribution in [2.45, 2.75) is 6.92 Å². The van der Waals surface area contributed by atoms with Gasteiger partial charge in [-0.25, -0.2) is 0 Å². The number of amides is 1. The number of primary amides is 1. The molecule has 13 heavy (non-hydrogen) atoms. The largest absolute Gasteiger partial charge is 0.384 e. The highest BCUT2D eigenvalue weighted by Crippen LogP contribution is 2.09. The SMILES string of the molecule is Cc1ccc(C(=N)N)cc1C(N)=O. The van der Waals surface area contributed by atoms with Crippen LogP contribution in [0.1, 0.15) is 21.5 Å². The van der Waals surface area contributed by atoms with Crippen molar-refractivity contribution in [1.29, 1.82) is 5.41 Å². The van der Waals surface area contributed by atoms with E-state index in [1.54, 1.807) is 19.1 Å². The van der Waals surface area contributed by atoms with Gasteiger partial charge in [0.25, 0.3) is 0 Å². The molecule has 1 aromatic carbocycles. The first-order valence-electron chi connectivity index (χ1n) is 3.77. The molecule has 0 radical (unpaired) electrons. The number of aryl methyl sites for hydroxylation is 1. The zero-order valence-corrected chi connectivity index (χ0v) is 7.29. The van der Waals surface area contributed by atoms with Crippen molar-refractivity contribution in [3.63, 3.8) is 0 Å². The van der Waals surface area contributed by atoms with Gasteiger partial charge in [0.05, 0.1) is 0 Å². The number of hydrogen-bond donors (Lipinski definition) is 3. The highest BCUT2D eigenvalue weighted by molar-refractivity contribution is 6.00. The van der Waals surface area contributed by atoms with Crippen LogP contribution in [0.2, 0.25) is 0 Å². The topological polar surface area (TPSA) is 93.0 Å². The monoisotopic (exact) mass is 177 g/mol. The van der Waals surface area contributed by atoms with Crippen LogP contribution in [0, 0.1) is 12.3 Å². The maximum Gasteiger partial charge on any atom is 0.248 e. The standard InChI is InChI=1S/C9H11N3O/c1-5-2-3-6(8(10)11)4-7(5)9(12)13/h2-4H,1H3,(H3,10,11)(H2,12,13). The van der Waals surface area contributed by atoms with Crippen LogP contribution in [0.3, 0.4) is 0 Å². The van der Waals surface area contributed by atoms with E-state index in [0.717, 1.165) is 5.56 Å². The molecule has 4 nitrogen and oxygen atoms in total. The summed E-state index contributed by atoms with van der Waals surface area (Å²) in [6.45, 7) is 1.78. The average molecular weight is 177 g/mol. The first-order valence-corrected chi connectivity index (χ1v) is 3.77. The molecule has 5 N–H and O–H groups in total. The smallest absolute Gasteiger partial charge is 0.248 e. The summed E-state index contributed by atoms with van der Waals surface area (Å²) in [7, 11) is 0. The molecule has 1 aromatic rings. The molecule has 0 bridgehead atoms. The first-order chi connectivity index (χ1) is 6.02. The Morgan fingerprint density at radius 2 is 2.00 bits per heavy atom. The Labute approximate surface area is 76.1 Å². The molecule has 0 heterocycles. The second-order valence-electron chi connectivity index (χ2n) is 2.81. The van der Waals surface area contributed by atoms with Gasteiger partial charge in [0.15, 0.2) is 0 Å². The Morgan fingerprint density at radius 3 is 2.46 bits per heavy atom. The van der Waals surface area contributed by atoms with E-state index in [1.165, 1.54) is 6.07 Å². The van der Waals surface area contributed by atoms with Gasteiger partial charge in [-0.3, -0.25) is 10.2 Å². The molecule has 0 aromatic heterocycles. The molecule has 4 heteroatoms. The highest BCUT2D eigenvalue weighted by Gasteiger charge is 2.06. The van der Waals surface area contributed by atoms with Gasteiger partial charge in [-0.15, -0.1) is 0 Å². The average Bonchev–Trinajstić information content (AvgIpc) is 2.04. The second kappa shape index (κ2) is 3.26. The van der Waals surface area contributed by atoms with Crippen LogP contribution < -0.4 is 11.5 Å². The van der Waals surface area contributed by atoms with E-state index in [-0.39, 0.29) is 5.84 Å². The van der Waals surface area contributed by atoms with Crippen LogP contribution in [0.4, 0.5) is 0 Å². The Hall–Kier alpha value is -1.84. The molecule has 0 saturated carbocycles. The van der Waals surface area contributed by atoms with Crippen molar-refractivity contribution in [3.8, 4) is 0 Å². The van der Waals surface area contributed by atoms with Gasteiger partial charge in [0.1, 0.15) is 5.84 Å². The highest BCUT2D eigenvalue weighted by atomic mass is 16.1. The maximum atomic E-state index is 10.9. The van der Waals surface area contributed by atoms with E-state index in [9.17, 15) is 4.79 Å². The molecule has 1 rings (SSSR count). The number of benzene rings is 1. The number of carbonyl (C=O) groups is 1. The number of nitrogens with one attached hydrogen (secondary N) is 1. The minimum Gasteiger partial charge on any atom is -0.384 e. The molecule has 0 aliphatic heterocycles. The molecule has 0 fully saturated rings. The Balaban J connectivity index is 3.27. The van der Waals surface area contributed by atoms with Crippen molar-refractivity contribution in [2.75, 3.05) is 0 Å². The number of nitrogens with two attached hydrogens (primary N) is 2. The fraction of sp³-hybridized carbons (Fsp3) is 0.111. The van der Waals surface area contributed by atoms with Crippen molar-refractivity contribution in [3.05, 3.63) is 34.9 Å².